The third-order valence-corrected chi connectivity index (χ3v) is 4.70. The fourth-order valence-electron chi connectivity index (χ4n) is 2.34. The van der Waals surface area contributed by atoms with Gasteiger partial charge in [0.1, 0.15) is 17.2 Å². The van der Waals surface area contributed by atoms with Gasteiger partial charge in [-0.05, 0) is 32.0 Å². The smallest absolute Gasteiger partial charge is 0.244 e. The summed E-state index contributed by atoms with van der Waals surface area (Å²) in [6.45, 7) is 7.01. The summed E-state index contributed by atoms with van der Waals surface area (Å²) in [5, 5.41) is 13.7. The Bertz CT molecular complexity index is 635. The van der Waals surface area contributed by atoms with Gasteiger partial charge in [-0.3, -0.25) is 0 Å². The monoisotopic (exact) mass is 306 g/mol. The summed E-state index contributed by atoms with van der Waals surface area (Å²) in [5.41, 5.74) is -0.978. The molecule has 0 bridgehead atoms. The van der Waals surface area contributed by atoms with Crippen LogP contribution in [0, 0.1) is 10.1 Å². The summed E-state index contributed by atoms with van der Waals surface area (Å²) >= 11 is 0. The molecule has 2 rings (SSSR count). The van der Waals surface area contributed by atoms with E-state index in [-0.39, 0.29) is 5.70 Å². The van der Waals surface area contributed by atoms with Gasteiger partial charge in [-0.25, -0.2) is 0 Å². The quantitative estimate of drug-likeness (QED) is 0.803. The maximum atomic E-state index is 12.9. The largest absolute Gasteiger partial charge is 0.758 e. The molecule has 0 unspecified atom stereocenters. The van der Waals surface area contributed by atoms with Crippen molar-refractivity contribution in [2.45, 2.75) is 38.8 Å². The van der Waals surface area contributed by atoms with Crippen molar-refractivity contribution >= 4 is 5.70 Å². The van der Waals surface area contributed by atoms with E-state index in [0.717, 1.165) is 9.82 Å². The molecule has 1 aromatic carbocycles. The third kappa shape index (κ3) is 2.23. The van der Waals surface area contributed by atoms with Gasteiger partial charge in [-0.15, -0.1) is 0 Å². The summed E-state index contributed by atoms with van der Waals surface area (Å²) < 4.78 is 11.4. The van der Waals surface area contributed by atoms with Gasteiger partial charge >= 0.3 is 0 Å². The van der Waals surface area contributed by atoms with Crippen LogP contribution in [0.5, 0.6) is 11.5 Å². The topological polar surface area (TPSA) is 64.8 Å². The molecule has 6 nitrogen and oxygen atoms in total. The molecule has 0 fully saturated rings. The number of hydrogen-bond donors (Lipinski definition) is 0. The molecule has 1 aliphatic heterocycles. The van der Waals surface area contributed by atoms with Gasteiger partial charge in [-0.2, -0.15) is 0 Å². The molecule has 0 spiro atoms. The van der Waals surface area contributed by atoms with E-state index < -0.39 is 11.1 Å². The lowest BCUT2D eigenvalue weighted by molar-refractivity contribution is -0.580. The van der Waals surface area contributed by atoms with Crippen LogP contribution in [0.25, 0.3) is 5.70 Å². The Hall–Kier alpha value is -2.08. The predicted molar refractivity (Wildman–Crippen MR) is 84.5 cm³/mol. The molecule has 1 aliphatic rings. The summed E-state index contributed by atoms with van der Waals surface area (Å²) in [6.07, 6.45) is 1.32. The Balaban J connectivity index is 2.65. The van der Waals surface area contributed by atoms with Gasteiger partial charge < -0.3 is 19.7 Å². The first kappa shape index (κ1) is 16.3. The molecule has 1 heterocycles. The van der Waals surface area contributed by atoms with Crippen molar-refractivity contribution in [2.24, 2.45) is 0 Å². The second-order valence-electron chi connectivity index (χ2n) is 6.32. The second-order valence-corrected chi connectivity index (χ2v) is 6.32. The van der Waals surface area contributed by atoms with E-state index in [0.29, 0.717) is 17.1 Å². The van der Waals surface area contributed by atoms with E-state index in [9.17, 15) is 10.1 Å². The lowest BCUT2D eigenvalue weighted by Crippen LogP contribution is -2.61. The lowest BCUT2D eigenvalue weighted by Gasteiger charge is -2.52. The molecule has 0 atom stereocenters. The number of ether oxygens (including phenoxy) is 2. The van der Waals surface area contributed by atoms with Crippen molar-refractivity contribution in [2.75, 3.05) is 14.2 Å². The van der Waals surface area contributed by atoms with Crippen LogP contribution in [0.4, 0.5) is 0 Å². The zero-order valence-electron chi connectivity index (χ0n) is 13.8. The molecule has 22 heavy (non-hydrogen) atoms. The Morgan fingerprint density at radius 2 is 1.77 bits per heavy atom. The first-order valence-electron chi connectivity index (χ1n) is 7.05. The number of methoxy groups -OCH3 is 2. The van der Waals surface area contributed by atoms with Gasteiger partial charge in [0.2, 0.25) is 11.7 Å². The molecular formula is C16H22N2O4. The van der Waals surface area contributed by atoms with Crippen molar-refractivity contribution in [1.82, 2.24) is 5.06 Å². The number of hydroxylamine groups is 2. The van der Waals surface area contributed by atoms with Crippen molar-refractivity contribution in [1.29, 1.82) is 0 Å². The maximum Gasteiger partial charge on any atom is 0.244 e. The predicted octanol–water partition coefficient (Wildman–Crippen LogP) is 3.15. The van der Waals surface area contributed by atoms with Gasteiger partial charge in [0, 0.05) is 29.1 Å². The van der Waals surface area contributed by atoms with Crippen molar-refractivity contribution in [3.05, 3.63) is 40.1 Å². The van der Waals surface area contributed by atoms with E-state index >= 15 is 0 Å². The highest BCUT2D eigenvalue weighted by Gasteiger charge is 2.54. The Morgan fingerprint density at radius 3 is 2.32 bits per heavy atom. The highest BCUT2D eigenvalue weighted by Crippen LogP contribution is 2.43. The minimum Gasteiger partial charge on any atom is -0.758 e. The number of benzene rings is 1. The van der Waals surface area contributed by atoms with Crippen LogP contribution in [-0.4, -0.2) is 35.1 Å². The number of hydrogen-bond acceptors (Lipinski definition) is 5. The Kier molecular flexibility index (Phi) is 3.91. The summed E-state index contributed by atoms with van der Waals surface area (Å²) in [7, 11) is 3.07. The molecule has 0 saturated heterocycles. The van der Waals surface area contributed by atoms with E-state index in [4.69, 9.17) is 9.47 Å². The van der Waals surface area contributed by atoms with Crippen LogP contribution in [0.3, 0.4) is 0 Å². The second kappa shape index (κ2) is 5.28. The molecular weight excluding hydrogens is 284 g/mol. The fraction of sp³-hybridized carbons (Fsp3) is 0.500. The highest BCUT2D eigenvalue weighted by molar-refractivity contribution is 5.71. The van der Waals surface area contributed by atoms with Crippen molar-refractivity contribution < 1.29 is 14.2 Å². The number of rotatable bonds is 3. The van der Waals surface area contributed by atoms with Gasteiger partial charge in [-0.1, -0.05) is 0 Å². The third-order valence-electron chi connectivity index (χ3n) is 4.70. The SMILES string of the molecule is COc1ccc(OC)c(C2=C[N+](=O)C(C)(C)C(C)(C)N2[O-])c1. The first-order valence-corrected chi connectivity index (χ1v) is 7.05. The van der Waals surface area contributed by atoms with Gasteiger partial charge in [0.25, 0.3) is 0 Å². The van der Waals surface area contributed by atoms with Crippen molar-refractivity contribution in [3.8, 4) is 11.5 Å². The average molecular weight is 306 g/mol. The van der Waals surface area contributed by atoms with Crippen LogP contribution < -0.4 is 9.47 Å². The summed E-state index contributed by atoms with van der Waals surface area (Å²) in [5.74, 6) is 1.10. The molecule has 120 valence electrons. The zero-order valence-corrected chi connectivity index (χ0v) is 13.8. The molecule has 0 N–H and O–H groups in total. The zero-order chi connectivity index (χ0) is 16.7. The highest BCUT2D eigenvalue weighted by atomic mass is 16.5. The van der Waals surface area contributed by atoms with Gasteiger partial charge in [0.15, 0.2) is 0 Å². The number of nitrogens with zero attached hydrogens (tertiary/aromatic N) is 2. The molecule has 0 saturated carbocycles. The Labute approximate surface area is 130 Å². The maximum absolute atomic E-state index is 12.9. The summed E-state index contributed by atoms with van der Waals surface area (Å²) in [6, 6.07) is 5.15. The van der Waals surface area contributed by atoms with E-state index in [1.807, 2.05) is 0 Å². The average Bonchev–Trinajstić information content (AvgIpc) is 2.49. The standard InChI is InChI=1S/C16H22N2O4/c1-15(2)16(3,4)18(20)13(10-17(15)19)12-9-11(21-5)7-8-14(12)22-6/h7-10H,1-6H3. The minimum absolute atomic E-state index is 0.259. The molecule has 0 amide bonds. The van der Waals surface area contributed by atoms with Crippen LogP contribution in [0.2, 0.25) is 0 Å². The lowest BCUT2D eigenvalue weighted by atomic mass is 9.80. The van der Waals surface area contributed by atoms with Crippen molar-refractivity contribution in [3.63, 3.8) is 0 Å². The first-order chi connectivity index (χ1) is 10.2. The molecule has 1 aromatic rings. The van der Waals surface area contributed by atoms with Crippen LogP contribution in [0.1, 0.15) is 33.3 Å². The van der Waals surface area contributed by atoms with Crippen LogP contribution in [-0.2, 0) is 0 Å². The fourth-order valence-corrected chi connectivity index (χ4v) is 2.34. The van der Waals surface area contributed by atoms with E-state index in [1.165, 1.54) is 13.3 Å². The van der Waals surface area contributed by atoms with E-state index in [2.05, 4.69) is 0 Å². The van der Waals surface area contributed by atoms with Gasteiger partial charge in [0.05, 0.1) is 19.8 Å². The van der Waals surface area contributed by atoms with Crippen LogP contribution in [0.15, 0.2) is 24.4 Å². The molecule has 0 radical (unpaired) electrons. The molecule has 6 heteroatoms. The Morgan fingerprint density at radius 1 is 1.14 bits per heavy atom. The minimum atomic E-state index is -0.910. The number of nitroso groups, excluding NO2 is 1. The molecule has 0 aliphatic carbocycles. The normalized spacial score (nSPS) is 19.7. The molecule has 0 aromatic heterocycles. The van der Waals surface area contributed by atoms with E-state index in [1.54, 1.807) is 53.0 Å². The van der Waals surface area contributed by atoms with Crippen LogP contribution >= 0.6 is 0 Å². The summed E-state index contributed by atoms with van der Waals surface area (Å²) in [4.78, 5) is 12.4.